The first-order chi connectivity index (χ1) is 10.3. The highest BCUT2D eigenvalue weighted by Crippen LogP contribution is 2.61. The van der Waals surface area contributed by atoms with Crippen LogP contribution in [0.3, 0.4) is 0 Å². The molecule has 0 amide bonds. The van der Waals surface area contributed by atoms with E-state index in [4.69, 9.17) is 0 Å². The molecular weight excluding hydrogens is 272 g/mol. The second kappa shape index (κ2) is 6.06. The molecule has 2 rings (SSSR count). The number of carboxylic acids is 1. The fourth-order valence-electron chi connectivity index (χ4n) is 5.03. The number of carboxylic acid groups (broad SMARTS) is 1. The number of rotatable bonds is 4. The molecule has 0 unspecified atom stereocenters. The van der Waals surface area contributed by atoms with Crippen molar-refractivity contribution in [2.45, 2.75) is 59.3 Å². The third kappa shape index (κ3) is 2.68. The van der Waals surface area contributed by atoms with Crippen molar-refractivity contribution >= 4 is 5.97 Å². The maximum atomic E-state index is 11.9. The van der Waals surface area contributed by atoms with Crippen molar-refractivity contribution in [3.8, 4) is 0 Å². The first kappa shape index (κ1) is 17.1. The molecule has 2 fully saturated rings. The first-order valence-corrected chi connectivity index (χ1v) is 8.46. The molecule has 0 aliphatic heterocycles. The van der Waals surface area contributed by atoms with Crippen molar-refractivity contribution in [2.24, 2.45) is 22.7 Å². The van der Waals surface area contributed by atoms with Gasteiger partial charge in [-0.15, -0.1) is 0 Å². The lowest BCUT2D eigenvalue weighted by Gasteiger charge is -2.57. The molecular formula is C20H30O2. The minimum Gasteiger partial charge on any atom is -0.481 e. The van der Waals surface area contributed by atoms with Crippen LogP contribution in [0.15, 0.2) is 36.5 Å². The molecule has 122 valence electrons. The van der Waals surface area contributed by atoms with Gasteiger partial charge in [-0.25, -0.2) is 0 Å². The van der Waals surface area contributed by atoms with E-state index in [2.05, 4.69) is 33.1 Å². The Labute approximate surface area is 135 Å². The van der Waals surface area contributed by atoms with Crippen molar-refractivity contribution in [1.82, 2.24) is 0 Å². The summed E-state index contributed by atoms with van der Waals surface area (Å²) in [4.78, 5) is 11.9. The van der Waals surface area contributed by atoms with E-state index in [0.717, 1.165) is 38.5 Å². The SMILES string of the molecule is C=C/C(C)=C/C[C@H]1C(=C)CC[C@@H]2[C@]1(C)CCC[C@@]2(C)C(=O)O. The van der Waals surface area contributed by atoms with Crippen LogP contribution in [0, 0.1) is 22.7 Å². The summed E-state index contributed by atoms with van der Waals surface area (Å²) in [7, 11) is 0. The van der Waals surface area contributed by atoms with Gasteiger partial charge >= 0.3 is 5.97 Å². The van der Waals surface area contributed by atoms with Crippen LogP contribution < -0.4 is 0 Å². The molecule has 0 aromatic carbocycles. The van der Waals surface area contributed by atoms with E-state index in [1.165, 1.54) is 11.1 Å². The summed E-state index contributed by atoms with van der Waals surface area (Å²) in [5.41, 5.74) is 1.97. The molecule has 2 aliphatic rings. The average molecular weight is 302 g/mol. The second-order valence-corrected chi connectivity index (χ2v) is 7.77. The minimum atomic E-state index is -0.618. The number of hydrogen-bond donors (Lipinski definition) is 1. The van der Waals surface area contributed by atoms with Crippen LogP contribution in [0.5, 0.6) is 0 Å². The van der Waals surface area contributed by atoms with E-state index < -0.39 is 11.4 Å². The van der Waals surface area contributed by atoms with Gasteiger partial charge in [-0.05, 0) is 63.2 Å². The van der Waals surface area contributed by atoms with Gasteiger partial charge in [-0.3, -0.25) is 4.79 Å². The van der Waals surface area contributed by atoms with Crippen molar-refractivity contribution in [3.05, 3.63) is 36.5 Å². The fraction of sp³-hybridized carbons (Fsp3) is 0.650. The minimum absolute atomic E-state index is 0.0542. The third-order valence-corrected chi connectivity index (χ3v) is 6.51. The van der Waals surface area contributed by atoms with E-state index in [9.17, 15) is 9.90 Å². The quantitative estimate of drug-likeness (QED) is 0.559. The van der Waals surface area contributed by atoms with Crippen LogP contribution in [-0.4, -0.2) is 11.1 Å². The molecule has 0 aromatic rings. The highest BCUT2D eigenvalue weighted by molar-refractivity contribution is 5.75. The van der Waals surface area contributed by atoms with E-state index in [-0.39, 0.29) is 11.3 Å². The predicted octanol–water partition coefficient (Wildman–Crippen LogP) is 5.37. The number of fused-ring (bicyclic) bond motifs is 1. The van der Waals surface area contributed by atoms with Gasteiger partial charge in [-0.1, -0.05) is 49.8 Å². The molecule has 0 radical (unpaired) electrons. The van der Waals surface area contributed by atoms with Crippen LogP contribution >= 0.6 is 0 Å². The standard InChI is InChI=1S/C20H30O2/c1-6-14(2)8-10-16-15(3)9-11-17-19(16,4)12-7-13-20(17,5)18(21)22/h6,8,16-17H,1,3,7,9-13H2,2,4-5H3,(H,21,22)/b14-8+/t16-,17+,19+,20+/m0/s1. The topological polar surface area (TPSA) is 37.3 Å². The van der Waals surface area contributed by atoms with Gasteiger partial charge in [0.25, 0.3) is 0 Å². The monoisotopic (exact) mass is 302 g/mol. The smallest absolute Gasteiger partial charge is 0.309 e. The van der Waals surface area contributed by atoms with Gasteiger partial charge in [0.2, 0.25) is 0 Å². The number of carbonyl (C=O) groups is 1. The zero-order valence-electron chi connectivity index (χ0n) is 14.3. The van der Waals surface area contributed by atoms with Crippen molar-refractivity contribution < 1.29 is 9.90 Å². The summed E-state index contributed by atoms with van der Waals surface area (Å²) < 4.78 is 0. The first-order valence-electron chi connectivity index (χ1n) is 8.46. The van der Waals surface area contributed by atoms with Gasteiger partial charge in [0.05, 0.1) is 5.41 Å². The van der Waals surface area contributed by atoms with Crippen molar-refractivity contribution in [1.29, 1.82) is 0 Å². The molecule has 0 spiro atoms. The maximum Gasteiger partial charge on any atom is 0.309 e. The Morgan fingerprint density at radius 2 is 2.09 bits per heavy atom. The van der Waals surface area contributed by atoms with E-state index in [0.29, 0.717) is 5.92 Å². The van der Waals surface area contributed by atoms with E-state index >= 15 is 0 Å². The normalized spacial score (nSPS) is 39.2. The average Bonchev–Trinajstić information content (AvgIpc) is 2.45. The lowest BCUT2D eigenvalue weighted by atomic mass is 9.46. The molecule has 2 nitrogen and oxygen atoms in total. The molecule has 2 aliphatic carbocycles. The van der Waals surface area contributed by atoms with Crippen molar-refractivity contribution in [2.75, 3.05) is 0 Å². The van der Waals surface area contributed by atoms with Gasteiger partial charge in [0.15, 0.2) is 0 Å². The number of allylic oxidation sites excluding steroid dienone is 4. The van der Waals surface area contributed by atoms with Crippen LogP contribution in [0.1, 0.15) is 59.3 Å². The van der Waals surface area contributed by atoms with Gasteiger partial charge in [0, 0.05) is 0 Å². The van der Waals surface area contributed by atoms with Gasteiger partial charge in [-0.2, -0.15) is 0 Å². The molecule has 0 aromatic heterocycles. The zero-order chi connectivity index (χ0) is 16.5. The van der Waals surface area contributed by atoms with Crippen LogP contribution in [0.25, 0.3) is 0 Å². The Morgan fingerprint density at radius 1 is 1.41 bits per heavy atom. The Bertz CT molecular complexity index is 516. The lowest BCUT2D eigenvalue weighted by molar-refractivity contribution is -0.164. The summed E-state index contributed by atoms with van der Waals surface area (Å²) >= 11 is 0. The summed E-state index contributed by atoms with van der Waals surface area (Å²) in [6.07, 6.45) is 9.95. The molecule has 0 saturated heterocycles. The predicted molar refractivity (Wildman–Crippen MR) is 91.6 cm³/mol. The van der Waals surface area contributed by atoms with Gasteiger partial charge < -0.3 is 5.11 Å². The largest absolute Gasteiger partial charge is 0.481 e. The highest BCUT2D eigenvalue weighted by Gasteiger charge is 2.57. The lowest BCUT2D eigenvalue weighted by Crippen LogP contribution is -2.53. The Hall–Kier alpha value is -1.31. The van der Waals surface area contributed by atoms with Crippen LogP contribution in [-0.2, 0) is 4.79 Å². The molecule has 0 bridgehead atoms. The van der Waals surface area contributed by atoms with Gasteiger partial charge in [0.1, 0.15) is 0 Å². The summed E-state index contributed by atoms with van der Waals surface area (Å²) in [6, 6.07) is 0. The summed E-state index contributed by atoms with van der Waals surface area (Å²) in [5, 5.41) is 9.81. The molecule has 22 heavy (non-hydrogen) atoms. The highest BCUT2D eigenvalue weighted by atomic mass is 16.4. The molecule has 1 N–H and O–H groups in total. The molecule has 2 saturated carbocycles. The Morgan fingerprint density at radius 3 is 2.68 bits per heavy atom. The molecule has 0 heterocycles. The van der Waals surface area contributed by atoms with Crippen LogP contribution in [0.2, 0.25) is 0 Å². The Kier molecular flexibility index (Phi) is 4.70. The molecule has 4 atom stereocenters. The second-order valence-electron chi connectivity index (χ2n) is 7.77. The summed E-state index contributed by atoms with van der Waals surface area (Å²) in [5.74, 6) is 0.0202. The Balaban J connectivity index is 2.36. The van der Waals surface area contributed by atoms with Crippen molar-refractivity contribution in [3.63, 3.8) is 0 Å². The number of hydrogen-bond acceptors (Lipinski definition) is 1. The van der Waals surface area contributed by atoms with E-state index in [1.807, 2.05) is 13.0 Å². The van der Waals surface area contributed by atoms with Crippen LogP contribution in [0.4, 0.5) is 0 Å². The zero-order valence-corrected chi connectivity index (χ0v) is 14.3. The third-order valence-electron chi connectivity index (χ3n) is 6.51. The molecule has 2 heteroatoms. The van der Waals surface area contributed by atoms with E-state index in [1.54, 1.807) is 0 Å². The maximum absolute atomic E-state index is 11.9. The number of aliphatic carboxylic acids is 1. The summed E-state index contributed by atoms with van der Waals surface area (Å²) in [6.45, 7) is 14.5. The fourth-order valence-corrected chi connectivity index (χ4v) is 5.03.